The van der Waals surface area contributed by atoms with Gasteiger partial charge in [0.2, 0.25) is 5.91 Å². The zero-order valence-corrected chi connectivity index (χ0v) is 12.7. The number of rotatable bonds is 2. The first kappa shape index (κ1) is 16.0. The smallest absolute Gasteiger partial charge is 0.227 e. The molecular weight excluding hydrogens is 260 g/mol. The number of nitrogens with one attached hydrogen (secondary N) is 1. The standard InChI is InChI=1S/C15H22N2O.ClH/c1-11-4-5-12(2)14(8-11)9-15(18)17-7-6-16-10-13(17)3;/h4-5,8,13,16H,6-7,9-10H2,1-3H3;1H. The Morgan fingerprint density at radius 1 is 1.42 bits per heavy atom. The molecule has 106 valence electrons. The Morgan fingerprint density at radius 2 is 2.16 bits per heavy atom. The second-order valence-corrected chi connectivity index (χ2v) is 5.25. The van der Waals surface area contributed by atoms with Crippen molar-refractivity contribution in [1.82, 2.24) is 10.2 Å². The SMILES string of the molecule is Cc1ccc(C)c(CC(=O)N2CCNCC2C)c1.Cl. The van der Waals surface area contributed by atoms with Gasteiger partial charge in [0.05, 0.1) is 6.42 Å². The molecule has 1 amide bonds. The van der Waals surface area contributed by atoms with Crippen molar-refractivity contribution in [3.63, 3.8) is 0 Å². The Hall–Kier alpha value is -1.06. The van der Waals surface area contributed by atoms with E-state index < -0.39 is 0 Å². The zero-order chi connectivity index (χ0) is 13.1. The molecule has 0 aliphatic carbocycles. The van der Waals surface area contributed by atoms with Crippen molar-refractivity contribution in [2.24, 2.45) is 0 Å². The van der Waals surface area contributed by atoms with Gasteiger partial charge in [-0.05, 0) is 31.9 Å². The fourth-order valence-electron chi connectivity index (χ4n) is 2.47. The molecule has 1 unspecified atom stereocenters. The van der Waals surface area contributed by atoms with Crippen molar-refractivity contribution in [2.45, 2.75) is 33.2 Å². The third-order valence-corrected chi connectivity index (χ3v) is 3.67. The minimum Gasteiger partial charge on any atom is -0.337 e. The third kappa shape index (κ3) is 3.95. The van der Waals surface area contributed by atoms with Crippen molar-refractivity contribution in [3.8, 4) is 0 Å². The van der Waals surface area contributed by atoms with Crippen molar-refractivity contribution in [3.05, 3.63) is 34.9 Å². The van der Waals surface area contributed by atoms with E-state index in [4.69, 9.17) is 0 Å². The number of nitrogens with zero attached hydrogens (tertiary/aromatic N) is 1. The number of hydrogen-bond donors (Lipinski definition) is 1. The van der Waals surface area contributed by atoms with Gasteiger partial charge in [0.1, 0.15) is 0 Å². The summed E-state index contributed by atoms with van der Waals surface area (Å²) in [5.41, 5.74) is 3.58. The summed E-state index contributed by atoms with van der Waals surface area (Å²) in [5.74, 6) is 0.248. The molecule has 1 saturated heterocycles. The van der Waals surface area contributed by atoms with Gasteiger partial charge in [-0.3, -0.25) is 4.79 Å². The van der Waals surface area contributed by atoms with Crippen LogP contribution in [0.15, 0.2) is 18.2 Å². The maximum Gasteiger partial charge on any atom is 0.227 e. The molecule has 1 N–H and O–H groups in total. The Balaban J connectivity index is 0.00000180. The van der Waals surface area contributed by atoms with E-state index in [1.807, 2.05) is 4.90 Å². The lowest BCUT2D eigenvalue weighted by Crippen LogP contribution is -2.52. The van der Waals surface area contributed by atoms with Crippen molar-refractivity contribution >= 4 is 18.3 Å². The number of hydrogen-bond acceptors (Lipinski definition) is 2. The average molecular weight is 283 g/mol. The number of carbonyl (C=O) groups excluding carboxylic acids is 1. The summed E-state index contributed by atoms with van der Waals surface area (Å²) in [4.78, 5) is 14.3. The van der Waals surface area contributed by atoms with Crippen LogP contribution in [-0.2, 0) is 11.2 Å². The first-order valence-electron chi connectivity index (χ1n) is 6.64. The quantitative estimate of drug-likeness (QED) is 0.901. The van der Waals surface area contributed by atoms with Gasteiger partial charge in [0.15, 0.2) is 0 Å². The Labute approximate surface area is 121 Å². The van der Waals surface area contributed by atoms with Crippen LogP contribution in [-0.4, -0.2) is 36.5 Å². The molecule has 19 heavy (non-hydrogen) atoms. The third-order valence-electron chi connectivity index (χ3n) is 3.67. The highest BCUT2D eigenvalue weighted by molar-refractivity contribution is 5.85. The Kier molecular flexibility index (Phi) is 5.83. The minimum absolute atomic E-state index is 0. The molecule has 1 atom stereocenters. The number of benzene rings is 1. The normalized spacial score (nSPS) is 18.9. The van der Waals surface area contributed by atoms with E-state index in [0.29, 0.717) is 12.5 Å². The lowest BCUT2D eigenvalue weighted by atomic mass is 10.0. The molecule has 0 spiro atoms. The summed E-state index contributed by atoms with van der Waals surface area (Å²) in [6.07, 6.45) is 0.526. The number of aryl methyl sites for hydroxylation is 2. The van der Waals surface area contributed by atoms with E-state index in [9.17, 15) is 4.79 Å². The van der Waals surface area contributed by atoms with Crippen LogP contribution in [0.4, 0.5) is 0 Å². The van der Waals surface area contributed by atoms with Gasteiger partial charge < -0.3 is 10.2 Å². The highest BCUT2D eigenvalue weighted by Gasteiger charge is 2.23. The molecule has 1 aromatic rings. The first-order valence-corrected chi connectivity index (χ1v) is 6.64. The maximum absolute atomic E-state index is 12.3. The number of amides is 1. The fraction of sp³-hybridized carbons (Fsp3) is 0.533. The Bertz CT molecular complexity index is 448. The average Bonchev–Trinajstić information content (AvgIpc) is 2.34. The van der Waals surface area contributed by atoms with Gasteiger partial charge in [-0.1, -0.05) is 23.8 Å². The van der Waals surface area contributed by atoms with Gasteiger partial charge in [0, 0.05) is 25.7 Å². The lowest BCUT2D eigenvalue weighted by molar-refractivity contribution is -0.133. The zero-order valence-electron chi connectivity index (χ0n) is 11.9. The summed E-state index contributed by atoms with van der Waals surface area (Å²) in [6, 6.07) is 6.62. The van der Waals surface area contributed by atoms with Crippen LogP contribution >= 0.6 is 12.4 Å². The van der Waals surface area contributed by atoms with Gasteiger partial charge in [-0.15, -0.1) is 12.4 Å². The fourth-order valence-corrected chi connectivity index (χ4v) is 2.47. The summed E-state index contributed by atoms with van der Waals surface area (Å²) >= 11 is 0. The molecule has 0 radical (unpaired) electrons. The first-order chi connectivity index (χ1) is 8.58. The molecular formula is C15H23ClN2O. The van der Waals surface area contributed by atoms with Gasteiger partial charge in [-0.25, -0.2) is 0 Å². The molecule has 1 aromatic carbocycles. The van der Waals surface area contributed by atoms with E-state index in [1.165, 1.54) is 11.1 Å². The van der Waals surface area contributed by atoms with Crippen LogP contribution in [0.5, 0.6) is 0 Å². The van der Waals surface area contributed by atoms with E-state index in [2.05, 4.69) is 44.3 Å². The van der Waals surface area contributed by atoms with Crippen molar-refractivity contribution < 1.29 is 4.79 Å². The van der Waals surface area contributed by atoms with Crippen LogP contribution in [0.25, 0.3) is 0 Å². The van der Waals surface area contributed by atoms with E-state index in [-0.39, 0.29) is 18.3 Å². The highest BCUT2D eigenvalue weighted by atomic mass is 35.5. The molecule has 0 aromatic heterocycles. The molecule has 3 nitrogen and oxygen atoms in total. The second kappa shape index (κ2) is 6.92. The number of carbonyl (C=O) groups is 1. The predicted octanol–water partition coefficient (Wildman–Crippen LogP) is 2.09. The Morgan fingerprint density at radius 3 is 2.84 bits per heavy atom. The highest BCUT2D eigenvalue weighted by Crippen LogP contribution is 2.14. The molecule has 4 heteroatoms. The van der Waals surface area contributed by atoms with Crippen molar-refractivity contribution in [2.75, 3.05) is 19.6 Å². The monoisotopic (exact) mass is 282 g/mol. The molecule has 0 saturated carbocycles. The van der Waals surface area contributed by atoms with Crippen LogP contribution < -0.4 is 5.32 Å². The maximum atomic E-state index is 12.3. The summed E-state index contributed by atoms with van der Waals surface area (Å²) in [6.45, 7) is 8.88. The van der Waals surface area contributed by atoms with Crippen LogP contribution in [0.1, 0.15) is 23.6 Å². The van der Waals surface area contributed by atoms with Crippen LogP contribution in [0.3, 0.4) is 0 Å². The molecule has 0 bridgehead atoms. The van der Waals surface area contributed by atoms with E-state index >= 15 is 0 Å². The van der Waals surface area contributed by atoms with E-state index in [0.717, 1.165) is 25.2 Å². The number of piperazine rings is 1. The topological polar surface area (TPSA) is 32.3 Å². The second-order valence-electron chi connectivity index (χ2n) is 5.25. The largest absolute Gasteiger partial charge is 0.337 e. The summed E-state index contributed by atoms with van der Waals surface area (Å²) in [5, 5.41) is 3.31. The van der Waals surface area contributed by atoms with Gasteiger partial charge >= 0.3 is 0 Å². The molecule has 1 fully saturated rings. The van der Waals surface area contributed by atoms with Crippen LogP contribution in [0, 0.1) is 13.8 Å². The minimum atomic E-state index is 0. The predicted molar refractivity (Wildman–Crippen MR) is 80.9 cm³/mol. The number of halogens is 1. The molecule has 1 aliphatic heterocycles. The summed E-state index contributed by atoms with van der Waals surface area (Å²) < 4.78 is 0. The van der Waals surface area contributed by atoms with Gasteiger partial charge in [-0.2, -0.15) is 0 Å². The lowest BCUT2D eigenvalue weighted by Gasteiger charge is -2.34. The van der Waals surface area contributed by atoms with E-state index in [1.54, 1.807) is 0 Å². The molecule has 2 rings (SSSR count). The van der Waals surface area contributed by atoms with Gasteiger partial charge in [0.25, 0.3) is 0 Å². The molecule has 1 aliphatic rings. The molecule has 1 heterocycles. The van der Waals surface area contributed by atoms with Crippen molar-refractivity contribution in [1.29, 1.82) is 0 Å². The van der Waals surface area contributed by atoms with Crippen LogP contribution in [0.2, 0.25) is 0 Å². The summed E-state index contributed by atoms with van der Waals surface area (Å²) in [7, 11) is 0.